The standard InChI is InChI=1S/C17H14O4.C8H6O4.C2H4/c18-15(19)17(16(20)21)13-9-5-4-8-12(13)10-14(17)11-6-2-1-3-7-11;9-7(10)5-1-2-6(4-3-5)8(11)12;1-2/h1-9,14H,10H2,(H,18,19)(H,20,21);1-4H,(H,9,10)(H,11,12);1-2H2. The van der Waals surface area contributed by atoms with E-state index >= 15 is 0 Å². The predicted molar refractivity (Wildman–Crippen MR) is 128 cm³/mol. The largest absolute Gasteiger partial charge is 0.480 e. The van der Waals surface area contributed by atoms with Gasteiger partial charge in [-0.05, 0) is 47.4 Å². The van der Waals surface area contributed by atoms with Crippen molar-refractivity contribution in [3.8, 4) is 0 Å². The monoisotopic (exact) mass is 476 g/mol. The molecule has 8 heteroatoms. The highest BCUT2D eigenvalue weighted by Crippen LogP contribution is 2.49. The third-order valence-electron chi connectivity index (χ3n) is 5.64. The number of carbonyl (C=O) groups is 4. The van der Waals surface area contributed by atoms with Gasteiger partial charge in [0.1, 0.15) is 0 Å². The lowest BCUT2D eigenvalue weighted by molar-refractivity contribution is -0.158. The maximum atomic E-state index is 11.9. The molecule has 0 bridgehead atoms. The fraction of sp³-hybridized carbons (Fsp3) is 0.111. The maximum Gasteiger partial charge on any atom is 0.335 e. The van der Waals surface area contributed by atoms with Gasteiger partial charge in [0.25, 0.3) is 0 Å². The molecule has 0 saturated heterocycles. The highest BCUT2D eigenvalue weighted by molar-refractivity contribution is 6.07. The van der Waals surface area contributed by atoms with Crippen molar-refractivity contribution in [3.05, 3.63) is 120 Å². The lowest BCUT2D eigenvalue weighted by Crippen LogP contribution is -2.46. The molecule has 0 heterocycles. The number of carboxylic acids is 4. The van der Waals surface area contributed by atoms with Crippen LogP contribution in [-0.4, -0.2) is 44.3 Å². The second-order valence-electron chi connectivity index (χ2n) is 7.43. The summed E-state index contributed by atoms with van der Waals surface area (Å²) >= 11 is 0. The summed E-state index contributed by atoms with van der Waals surface area (Å²) in [5.74, 6) is -5.35. The lowest BCUT2D eigenvalue weighted by atomic mass is 9.72. The summed E-state index contributed by atoms with van der Waals surface area (Å²) < 4.78 is 0. The lowest BCUT2D eigenvalue weighted by Gasteiger charge is -2.28. The molecule has 0 aliphatic heterocycles. The van der Waals surface area contributed by atoms with Crippen LogP contribution in [0.5, 0.6) is 0 Å². The number of rotatable bonds is 5. The first kappa shape index (κ1) is 26.5. The molecule has 3 aromatic rings. The SMILES string of the molecule is C=C.O=C(O)C1(C(=O)O)c2ccccc2CC1c1ccccc1.O=C(O)c1ccc(C(=O)O)cc1. The molecule has 180 valence electrons. The second-order valence-corrected chi connectivity index (χ2v) is 7.43. The van der Waals surface area contributed by atoms with Gasteiger partial charge in [0, 0.05) is 5.92 Å². The molecule has 0 saturated carbocycles. The molecule has 1 atom stereocenters. The molecule has 1 unspecified atom stereocenters. The molecule has 8 nitrogen and oxygen atoms in total. The zero-order valence-corrected chi connectivity index (χ0v) is 18.6. The molecule has 0 radical (unpaired) electrons. The van der Waals surface area contributed by atoms with Crippen LogP contribution in [0.4, 0.5) is 0 Å². The van der Waals surface area contributed by atoms with E-state index in [0.717, 1.165) is 11.1 Å². The van der Waals surface area contributed by atoms with Crippen molar-refractivity contribution < 1.29 is 39.6 Å². The van der Waals surface area contributed by atoms with E-state index in [1.54, 1.807) is 48.5 Å². The number of aromatic carboxylic acids is 2. The summed E-state index contributed by atoms with van der Waals surface area (Å²) in [4.78, 5) is 44.5. The Kier molecular flexibility index (Phi) is 8.66. The van der Waals surface area contributed by atoms with Gasteiger partial charge in [0.05, 0.1) is 11.1 Å². The predicted octanol–water partition coefficient (Wildman–Crippen LogP) is 4.32. The summed E-state index contributed by atoms with van der Waals surface area (Å²) in [5.41, 5.74) is 0.159. The second kappa shape index (κ2) is 11.4. The molecule has 0 aromatic heterocycles. The highest BCUT2D eigenvalue weighted by Gasteiger charge is 2.59. The van der Waals surface area contributed by atoms with Gasteiger partial charge in [-0.15, -0.1) is 13.2 Å². The molecule has 4 N–H and O–H groups in total. The van der Waals surface area contributed by atoms with Crippen molar-refractivity contribution >= 4 is 23.9 Å². The van der Waals surface area contributed by atoms with E-state index in [2.05, 4.69) is 13.2 Å². The van der Waals surface area contributed by atoms with Crippen LogP contribution in [-0.2, 0) is 21.4 Å². The van der Waals surface area contributed by atoms with Crippen molar-refractivity contribution in [2.45, 2.75) is 17.8 Å². The first-order chi connectivity index (χ1) is 16.7. The molecule has 0 fully saturated rings. The third kappa shape index (κ3) is 5.27. The molecule has 1 aliphatic rings. The van der Waals surface area contributed by atoms with Gasteiger partial charge in [0.2, 0.25) is 0 Å². The first-order valence-corrected chi connectivity index (χ1v) is 10.4. The van der Waals surface area contributed by atoms with Crippen LogP contribution < -0.4 is 0 Å². The van der Waals surface area contributed by atoms with E-state index in [9.17, 15) is 29.4 Å². The normalized spacial score (nSPS) is 14.7. The molecular formula is C27H24O8. The van der Waals surface area contributed by atoms with Gasteiger partial charge in [0.15, 0.2) is 5.41 Å². The summed E-state index contributed by atoms with van der Waals surface area (Å²) in [5, 5.41) is 36.4. The van der Waals surface area contributed by atoms with Gasteiger partial charge in [-0.25, -0.2) is 9.59 Å². The Labute approximate surface area is 201 Å². The van der Waals surface area contributed by atoms with Crippen LogP contribution in [0.25, 0.3) is 0 Å². The zero-order valence-electron chi connectivity index (χ0n) is 18.6. The van der Waals surface area contributed by atoms with E-state index in [0.29, 0.717) is 12.0 Å². The Bertz CT molecular complexity index is 1170. The van der Waals surface area contributed by atoms with E-state index in [1.807, 2.05) is 6.07 Å². The van der Waals surface area contributed by atoms with Gasteiger partial charge in [-0.3, -0.25) is 9.59 Å². The van der Waals surface area contributed by atoms with E-state index in [1.165, 1.54) is 24.3 Å². The maximum absolute atomic E-state index is 11.9. The molecule has 0 spiro atoms. The van der Waals surface area contributed by atoms with Gasteiger partial charge in [-0.2, -0.15) is 0 Å². The molecule has 1 aliphatic carbocycles. The van der Waals surface area contributed by atoms with Crippen molar-refractivity contribution in [1.29, 1.82) is 0 Å². The minimum Gasteiger partial charge on any atom is -0.480 e. The Morgan fingerprint density at radius 3 is 1.51 bits per heavy atom. The molecule has 3 aromatic carbocycles. The topological polar surface area (TPSA) is 149 Å². The van der Waals surface area contributed by atoms with Crippen LogP contribution >= 0.6 is 0 Å². The van der Waals surface area contributed by atoms with Crippen LogP contribution in [0.1, 0.15) is 43.3 Å². The smallest absolute Gasteiger partial charge is 0.335 e. The van der Waals surface area contributed by atoms with Crippen molar-refractivity contribution in [1.82, 2.24) is 0 Å². The number of carboxylic acid groups (broad SMARTS) is 4. The van der Waals surface area contributed by atoms with E-state index in [4.69, 9.17) is 10.2 Å². The number of hydrogen-bond donors (Lipinski definition) is 4. The van der Waals surface area contributed by atoms with Gasteiger partial charge >= 0.3 is 23.9 Å². The van der Waals surface area contributed by atoms with Crippen molar-refractivity contribution in [2.75, 3.05) is 0 Å². The van der Waals surface area contributed by atoms with Crippen molar-refractivity contribution in [2.24, 2.45) is 0 Å². The van der Waals surface area contributed by atoms with Crippen LogP contribution in [0, 0.1) is 0 Å². The number of fused-ring (bicyclic) bond motifs is 1. The quantitative estimate of drug-likeness (QED) is 0.314. The highest BCUT2D eigenvalue weighted by atomic mass is 16.4. The Balaban J connectivity index is 0.000000263. The molecular weight excluding hydrogens is 452 g/mol. The number of benzene rings is 3. The Hall–Kier alpha value is -4.72. The third-order valence-corrected chi connectivity index (χ3v) is 5.64. The summed E-state index contributed by atoms with van der Waals surface area (Å²) in [6, 6.07) is 20.9. The number of aliphatic carboxylic acids is 2. The van der Waals surface area contributed by atoms with E-state index < -0.39 is 35.2 Å². The summed E-state index contributed by atoms with van der Waals surface area (Å²) in [6.07, 6.45) is 0.415. The fourth-order valence-electron chi connectivity index (χ4n) is 4.07. The molecule has 4 rings (SSSR count). The molecule has 0 amide bonds. The van der Waals surface area contributed by atoms with Gasteiger partial charge in [-0.1, -0.05) is 54.6 Å². The van der Waals surface area contributed by atoms with Crippen molar-refractivity contribution in [3.63, 3.8) is 0 Å². The average molecular weight is 476 g/mol. The van der Waals surface area contributed by atoms with Crippen LogP contribution in [0.2, 0.25) is 0 Å². The van der Waals surface area contributed by atoms with Crippen LogP contribution in [0.15, 0.2) is 92.0 Å². The Morgan fingerprint density at radius 1 is 0.657 bits per heavy atom. The fourth-order valence-corrected chi connectivity index (χ4v) is 4.07. The average Bonchev–Trinajstić information content (AvgIpc) is 3.23. The Morgan fingerprint density at radius 2 is 1.09 bits per heavy atom. The minimum atomic E-state index is -1.92. The zero-order chi connectivity index (χ0) is 26.2. The first-order valence-electron chi connectivity index (χ1n) is 10.4. The van der Waals surface area contributed by atoms with Crippen LogP contribution in [0.3, 0.4) is 0 Å². The summed E-state index contributed by atoms with van der Waals surface area (Å²) in [7, 11) is 0. The number of hydrogen-bond acceptors (Lipinski definition) is 4. The minimum absolute atomic E-state index is 0.0833. The molecule has 35 heavy (non-hydrogen) atoms. The van der Waals surface area contributed by atoms with Gasteiger partial charge < -0.3 is 20.4 Å². The van der Waals surface area contributed by atoms with E-state index in [-0.39, 0.29) is 11.1 Å². The summed E-state index contributed by atoms with van der Waals surface area (Å²) in [6.45, 7) is 6.00.